The number of phosphoric acid groups is 1. The van der Waals surface area contributed by atoms with Gasteiger partial charge in [-0.25, -0.2) is 0 Å². The van der Waals surface area contributed by atoms with Crippen LogP contribution in [0.2, 0.25) is 0 Å². The zero-order valence-corrected chi connectivity index (χ0v) is 48.1. The zero-order valence-electron chi connectivity index (χ0n) is 47.2. The Morgan fingerprint density at radius 3 is 1.09 bits per heavy atom. The second kappa shape index (κ2) is 53.7. The van der Waals surface area contributed by atoms with Gasteiger partial charge >= 0.3 is 11.9 Å². The van der Waals surface area contributed by atoms with Crippen molar-refractivity contribution in [2.75, 3.05) is 47.5 Å². The maximum absolute atomic E-state index is 12.8. The van der Waals surface area contributed by atoms with Gasteiger partial charge in [-0.15, -0.1) is 0 Å². The highest BCUT2D eigenvalue weighted by molar-refractivity contribution is 7.45. The molecule has 0 spiro atoms. The van der Waals surface area contributed by atoms with Crippen molar-refractivity contribution in [2.45, 2.75) is 200 Å². The molecule has 2 unspecified atom stereocenters. The molecule has 0 N–H and O–H groups in total. The number of carbonyl (C=O) groups excluding carboxylic acids is 2. The molecule has 0 saturated carbocycles. The first-order valence-electron chi connectivity index (χ1n) is 28.5. The summed E-state index contributed by atoms with van der Waals surface area (Å²) in [5, 5.41) is 0. The third-order valence-electron chi connectivity index (χ3n) is 11.4. The molecular weight excluding hydrogens is 942 g/mol. The van der Waals surface area contributed by atoms with Crippen LogP contribution in [0.4, 0.5) is 0 Å². The number of hydrogen-bond donors (Lipinski definition) is 0. The van der Waals surface area contributed by atoms with Crippen LogP contribution in [0.25, 0.3) is 0 Å². The number of phosphoric ester groups is 1. The van der Waals surface area contributed by atoms with Crippen molar-refractivity contribution in [3.05, 3.63) is 146 Å². The number of rotatable bonds is 50. The minimum atomic E-state index is -4.66. The maximum Gasteiger partial charge on any atom is 0.306 e. The Morgan fingerprint density at radius 1 is 0.419 bits per heavy atom. The molecule has 9 nitrogen and oxygen atoms in total. The van der Waals surface area contributed by atoms with Crippen LogP contribution in [-0.2, 0) is 32.7 Å². The van der Waals surface area contributed by atoms with E-state index < -0.39 is 32.5 Å². The fourth-order valence-electron chi connectivity index (χ4n) is 7.01. The molecule has 0 amide bonds. The molecule has 418 valence electrons. The van der Waals surface area contributed by atoms with Gasteiger partial charge in [0.05, 0.1) is 27.7 Å². The number of allylic oxidation sites excluding steroid dienone is 24. The van der Waals surface area contributed by atoms with E-state index in [0.29, 0.717) is 23.9 Å². The van der Waals surface area contributed by atoms with E-state index in [1.54, 1.807) is 0 Å². The molecule has 0 bridgehead atoms. The molecule has 0 aliphatic rings. The Morgan fingerprint density at radius 2 is 0.730 bits per heavy atom. The Balaban J connectivity index is 4.32. The first-order valence-corrected chi connectivity index (χ1v) is 30.0. The number of carbonyl (C=O) groups is 2. The van der Waals surface area contributed by atoms with E-state index in [4.69, 9.17) is 18.5 Å². The van der Waals surface area contributed by atoms with Crippen molar-refractivity contribution in [1.82, 2.24) is 0 Å². The van der Waals surface area contributed by atoms with Gasteiger partial charge in [-0.1, -0.05) is 211 Å². The second-order valence-electron chi connectivity index (χ2n) is 19.5. The monoisotopic (exact) mass is 1050 g/mol. The van der Waals surface area contributed by atoms with Crippen molar-refractivity contribution < 1.29 is 42.1 Å². The lowest BCUT2D eigenvalue weighted by atomic mass is 10.1. The molecule has 2 atom stereocenters. The Bertz CT molecular complexity index is 1760. The normalized spacial score (nSPS) is 14.4. The standard InChI is InChI=1S/C64H104NO8P/c1-6-8-10-12-14-16-18-20-22-24-26-28-30-32-34-36-38-40-42-44-46-48-50-52-54-56-63(66)70-60-62(61-72-74(68,69)71-59-58-65(3,4)5)73-64(67)57-55-53-51-49-47-45-43-41-39-37-35-33-31-29-27-25-23-21-19-17-15-13-11-9-7-2/h8-11,14-17,20-23,26-29,32-35,39,41,45,47,62H,6-7,12-13,18-19,24-25,30-31,36-38,40,42-44,46,48-61H2,1-5H3/b10-8-,11-9-,16-14-,17-15-,22-20-,23-21-,28-26-,29-27-,34-32-,35-33-,41-39-,47-45-. The fourth-order valence-corrected chi connectivity index (χ4v) is 7.74. The summed E-state index contributed by atoms with van der Waals surface area (Å²) in [6.45, 7) is 3.94. The van der Waals surface area contributed by atoms with Crippen molar-refractivity contribution in [3.63, 3.8) is 0 Å². The fraction of sp³-hybridized carbons (Fsp3) is 0.594. The Hall–Kier alpha value is -4.11. The average Bonchev–Trinajstić information content (AvgIpc) is 3.36. The summed E-state index contributed by atoms with van der Waals surface area (Å²) in [5.74, 6) is -0.892. The molecule has 0 aliphatic heterocycles. The van der Waals surface area contributed by atoms with Crippen LogP contribution in [0.3, 0.4) is 0 Å². The lowest BCUT2D eigenvalue weighted by molar-refractivity contribution is -0.870. The second-order valence-corrected chi connectivity index (χ2v) is 20.9. The number of hydrogen-bond acceptors (Lipinski definition) is 8. The summed E-state index contributed by atoms with van der Waals surface area (Å²) in [4.78, 5) is 37.9. The highest BCUT2D eigenvalue weighted by Crippen LogP contribution is 2.38. The Labute approximate surface area is 453 Å². The largest absolute Gasteiger partial charge is 0.756 e. The lowest BCUT2D eigenvalue weighted by Crippen LogP contribution is -2.37. The van der Waals surface area contributed by atoms with Crippen molar-refractivity contribution in [2.24, 2.45) is 0 Å². The van der Waals surface area contributed by atoms with Gasteiger partial charge < -0.3 is 27.9 Å². The quantitative estimate of drug-likeness (QED) is 0.0195. The molecule has 0 rings (SSSR count). The van der Waals surface area contributed by atoms with Gasteiger partial charge in [-0.05, 0) is 116 Å². The molecule has 0 fully saturated rings. The number of unbranched alkanes of at least 4 members (excludes halogenated alkanes) is 12. The highest BCUT2D eigenvalue weighted by Gasteiger charge is 2.21. The zero-order chi connectivity index (χ0) is 54.2. The minimum absolute atomic E-state index is 0.0478. The third-order valence-corrected chi connectivity index (χ3v) is 12.3. The van der Waals surface area contributed by atoms with Gasteiger partial charge in [0.1, 0.15) is 19.8 Å². The number of ether oxygens (including phenoxy) is 2. The summed E-state index contributed by atoms with van der Waals surface area (Å²) in [6.07, 6.45) is 78.8. The van der Waals surface area contributed by atoms with Crippen molar-refractivity contribution in [3.8, 4) is 0 Å². The molecular formula is C64H104NO8P. The first-order chi connectivity index (χ1) is 36.0. The van der Waals surface area contributed by atoms with E-state index in [0.717, 1.165) is 122 Å². The number of nitrogens with zero attached hydrogens (tertiary/aromatic N) is 1. The van der Waals surface area contributed by atoms with Gasteiger partial charge in [0.2, 0.25) is 0 Å². The predicted octanol–water partition coefficient (Wildman–Crippen LogP) is 17.3. The molecule has 10 heteroatoms. The van der Waals surface area contributed by atoms with Crippen molar-refractivity contribution in [1.29, 1.82) is 0 Å². The van der Waals surface area contributed by atoms with Gasteiger partial charge in [0.25, 0.3) is 7.82 Å². The average molecular weight is 1050 g/mol. The molecule has 0 heterocycles. The maximum atomic E-state index is 12.8. The highest BCUT2D eigenvalue weighted by atomic mass is 31.2. The summed E-state index contributed by atoms with van der Waals surface area (Å²) in [6, 6.07) is 0. The minimum Gasteiger partial charge on any atom is -0.756 e. The molecule has 0 saturated heterocycles. The van der Waals surface area contributed by atoms with Gasteiger partial charge in [-0.2, -0.15) is 0 Å². The number of likely N-dealkylation sites (N-methyl/N-ethyl adjacent to an activating group) is 1. The van der Waals surface area contributed by atoms with Crippen LogP contribution in [0.15, 0.2) is 146 Å². The molecule has 0 aromatic heterocycles. The summed E-state index contributed by atoms with van der Waals surface area (Å²) in [5.41, 5.74) is 0. The van der Waals surface area contributed by atoms with Crippen LogP contribution >= 0.6 is 7.82 Å². The van der Waals surface area contributed by atoms with E-state index >= 15 is 0 Å². The smallest absolute Gasteiger partial charge is 0.306 e. The Kier molecular flexibility index (Phi) is 50.7. The van der Waals surface area contributed by atoms with E-state index in [-0.39, 0.29) is 26.1 Å². The van der Waals surface area contributed by atoms with Gasteiger partial charge in [0, 0.05) is 12.8 Å². The lowest BCUT2D eigenvalue weighted by Gasteiger charge is -2.28. The number of esters is 2. The van der Waals surface area contributed by atoms with Crippen molar-refractivity contribution >= 4 is 19.8 Å². The summed E-state index contributed by atoms with van der Waals surface area (Å²) < 4.78 is 34.1. The van der Waals surface area contributed by atoms with E-state index in [1.807, 2.05) is 21.1 Å². The third kappa shape index (κ3) is 57.2. The predicted molar refractivity (Wildman–Crippen MR) is 314 cm³/mol. The summed E-state index contributed by atoms with van der Waals surface area (Å²) in [7, 11) is 1.11. The topological polar surface area (TPSA) is 111 Å². The first kappa shape index (κ1) is 69.9. The molecule has 0 aromatic carbocycles. The van der Waals surface area contributed by atoms with Crippen LogP contribution in [-0.4, -0.2) is 70.0 Å². The van der Waals surface area contributed by atoms with E-state index in [9.17, 15) is 19.0 Å². The van der Waals surface area contributed by atoms with Gasteiger partial charge in [-0.3, -0.25) is 14.2 Å². The van der Waals surface area contributed by atoms with Crippen LogP contribution in [0.5, 0.6) is 0 Å². The molecule has 74 heavy (non-hydrogen) atoms. The number of quaternary nitrogens is 1. The van der Waals surface area contributed by atoms with E-state index in [2.05, 4.69) is 160 Å². The molecule has 0 aliphatic carbocycles. The van der Waals surface area contributed by atoms with Gasteiger partial charge in [0.15, 0.2) is 6.10 Å². The molecule has 0 radical (unpaired) electrons. The SMILES string of the molecule is CC/C=C\C/C=C\C/C=C\C/C=C\C/C=C\C/C=C\C/C=C\CCCCCC(=O)OC(COC(=O)CCCCCCCCCCC/C=C\C/C=C\C/C=C\C/C=C\C/C=C\CC)COP(=O)([O-])OCC[N+](C)(C)C. The van der Waals surface area contributed by atoms with Crippen LogP contribution in [0.1, 0.15) is 194 Å². The van der Waals surface area contributed by atoms with Crippen LogP contribution in [0, 0.1) is 0 Å². The molecule has 0 aromatic rings. The van der Waals surface area contributed by atoms with E-state index in [1.165, 1.54) is 32.1 Å². The van der Waals surface area contributed by atoms with Crippen LogP contribution < -0.4 is 4.89 Å². The summed E-state index contributed by atoms with van der Waals surface area (Å²) >= 11 is 0.